The number of fused-ring (bicyclic) bond motifs is 1. The van der Waals surface area contributed by atoms with Crippen LogP contribution in [-0.2, 0) is 0 Å². The minimum Gasteiger partial charge on any atom is -0.311 e. The van der Waals surface area contributed by atoms with Gasteiger partial charge >= 0.3 is 0 Å². The van der Waals surface area contributed by atoms with E-state index < -0.39 is 0 Å². The summed E-state index contributed by atoms with van der Waals surface area (Å²) in [5.74, 6) is 0. The third-order valence-electron chi connectivity index (χ3n) is 3.03. The van der Waals surface area contributed by atoms with E-state index in [9.17, 15) is 0 Å². The number of hydrogen-bond acceptors (Lipinski definition) is 4. The van der Waals surface area contributed by atoms with Gasteiger partial charge in [-0.15, -0.1) is 0 Å². The van der Waals surface area contributed by atoms with Crippen LogP contribution in [0.5, 0.6) is 0 Å². The Bertz CT molecular complexity index is 553. The third-order valence-corrected chi connectivity index (χ3v) is 3.03. The topological polar surface area (TPSA) is 54.2 Å². The second-order valence-electron chi connectivity index (χ2n) is 4.16. The van der Waals surface area contributed by atoms with Crippen LogP contribution in [0.1, 0.15) is 17.3 Å². The van der Waals surface area contributed by atoms with Crippen molar-refractivity contribution in [3.63, 3.8) is 0 Å². The van der Waals surface area contributed by atoms with Gasteiger partial charge in [0.05, 0.1) is 11.4 Å². The Labute approximate surface area is 100 Å². The average Bonchev–Trinajstić information content (AvgIpc) is 2.68. The molecule has 0 saturated carbocycles. The van der Waals surface area contributed by atoms with E-state index in [0.29, 0.717) is 0 Å². The van der Waals surface area contributed by atoms with E-state index >= 15 is 0 Å². The van der Waals surface area contributed by atoms with Crippen LogP contribution >= 0.6 is 0 Å². The zero-order valence-electron chi connectivity index (χ0n) is 9.59. The number of benzene rings is 1. The van der Waals surface area contributed by atoms with Gasteiger partial charge in [-0.25, -0.2) is 5.43 Å². The normalized spacial score (nSPS) is 18.2. The number of para-hydroxylation sites is 1. The van der Waals surface area contributed by atoms with Crippen molar-refractivity contribution in [1.82, 2.24) is 10.4 Å². The molecule has 0 fully saturated rings. The Hall–Kier alpha value is -1.91. The first-order chi connectivity index (χ1) is 8.27. The number of nitrogens with zero attached hydrogens (tertiary/aromatic N) is 2. The van der Waals surface area contributed by atoms with Crippen LogP contribution in [0.4, 0.5) is 11.4 Å². The zero-order chi connectivity index (χ0) is 11.8. The van der Waals surface area contributed by atoms with E-state index in [2.05, 4.69) is 29.5 Å². The standard InChI is InChI=1S/C13H14N4/c1-9-4-2-3-5-11(9)17-12-6-7-15-8-10(12)13(14)16-17/h2-8,13,16H,14H2,1H3. The molecule has 3 N–H and O–H groups in total. The molecule has 0 aliphatic carbocycles. The number of hydrazine groups is 1. The van der Waals surface area contributed by atoms with E-state index in [4.69, 9.17) is 5.73 Å². The molecule has 0 radical (unpaired) electrons. The molecule has 4 nitrogen and oxygen atoms in total. The van der Waals surface area contributed by atoms with Crippen LogP contribution in [-0.4, -0.2) is 4.98 Å². The second kappa shape index (κ2) is 3.84. The summed E-state index contributed by atoms with van der Waals surface area (Å²) in [4.78, 5) is 4.11. The van der Waals surface area contributed by atoms with E-state index in [-0.39, 0.29) is 6.17 Å². The van der Waals surface area contributed by atoms with Crippen LogP contribution < -0.4 is 16.2 Å². The Morgan fingerprint density at radius 1 is 1.24 bits per heavy atom. The maximum absolute atomic E-state index is 6.03. The van der Waals surface area contributed by atoms with Crippen molar-refractivity contribution in [3.05, 3.63) is 53.9 Å². The fourth-order valence-electron chi connectivity index (χ4n) is 2.13. The van der Waals surface area contributed by atoms with Crippen molar-refractivity contribution in [2.75, 3.05) is 5.01 Å². The lowest BCUT2D eigenvalue weighted by Gasteiger charge is -2.21. The number of pyridine rings is 1. The van der Waals surface area contributed by atoms with Gasteiger partial charge in [-0.05, 0) is 24.6 Å². The smallest absolute Gasteiger partial charge is 0.102 e. The van der Waals surface area contributed by atoms with Gasteiger partial charge < -0.3 is 5.73 Å². The highest BCUT2D eigenvalue weighted by atomic mass is 15.6. The molecule has 3 rings (SSSR count). The molecule has 2 heterocycles. The lowest BCUT2D eigenvalue weighted by Crippen LogP contribution is -2.34. The lowest BCUT2D eigenvalue weighted by atomic mass is 10.1. The Morgan fingerprint density at radius 3 is 2.88 bits per heavy atom. The monoisotopic (exact) mass is 226 g/mol. The van der Waals surface area contributed by atoms with Crippen molar-refractivity contribution in [3.8, 4) is 0 Å². The Kier molecular flexibility index (Phi) is 2.31. The molecule has 1 atom stereocenters. The molecule has 1 aromatic heterocycles. The summed E-state index contributed by atoms with van der Waals surface area (Å²) < 4.78 is 0. The van der Waals surface area contributed by atoms with Crippen LogP contribution in [0.3, 0.4) is 0 Å². The second-order valence-corrected chi connectivity index (χ2v) is 4.16. The third kappa shape index (κ3) is 1.58. The maximum Gasteiger partial charge on any atom is 0.102 e. The summed E-state index contributed by atoms with van der Waals surface area (Å²) in [6, 6.07) is 10.2. The predicted octanol–water partition coefficient (Wildman–Crippen LogP) is 2.00. The van der Waals surface area contributed by atoms with Crippen LogP contribution in [0.15, 0.2) is 42.7 Å². The molecule has 1 aromatic carbocycles. The molecule has 0 amide bonds. The largest absolute Gasteiger partial charge is 0.311 e. The van der Waals surface area contributed by atoms with Crippen molar-refractivity contribution >= 4 is 11.4 Å². The number of hydrogen-bond donors (Lipinski definition) is 2. The number of rotatable bonds is 1. The van der Waals surface area contributed by atoms with E-state index in [1.165, 1.54) is 5.56 Å². The van der Waals surface area contributed by atoms with Gasteiger partial charge in [0, 0.05) is 18.0 Å². The fraction of sp³-hybridized carbons (Fsp3) is 0.154. The first kappa shape index (κ1) is 10.3. The highest BCUT2D eigenvalue weighted by Crippen LogP contribution is 2.35. The van der Waals surface area contributed by atoms with Crippen LogP contribution in [0.25, 0.3) is 0 Å². The quantitative estimate of drug-likeness (QED) is 0.781. The van der Waals surface area contributed by atoms with Crippen molar-refractivity contribution < 1.29 is 0 Å². The minimum absolute atomic E-state index is 0.196. The van der Waals surface area contributed by atoms with Gasteiger partial charge in [-0.1, -0.05) is 18.2 Å². The first-order valence-electron chi connectivity index (χ1n) is 5.59. The number of nitrogens with two attached hydrogens (primary N) is 1. The number of anilines is 2. The molecule has 1 unspecified atom stereocenters. The summed E-state index contributed by atoms with van der Waals surface area (Å²) in [5, 5.41) is 2.02. The molecule has 2 aromatic rings. The molecule has 0 spiro atoms. The SMILES string of the molecule is Cc1ccccc1N1NC(N)c2cnccc21. The molecular weight excluding hydrogens is 212 g/mol. The van der Waals surface area contributed by atoms with E-state index in [1.807, 2.05) is 29.4 Å². The minimum atomic E-state index is -0.196. The van der Waals surface area contributed by atoms with Gasteiger partial charge in [0.1, 0.15) is 6.17 Å². The predicted molar refractivity (Wildman–Crippen MR) is 67.6 cm³/mol. The van der Waals surface area contributed by atoms with Gasteiger partial charge in [-0.3, -0.25) is 9.99 Å². The molecule has 0 bridgehead atoms. The van der Waals surface area contributed by atoms with Crippen LogP contribution in [0.2, 0.25) is 0 Å². The maximum atomic E-state index is 6.03. The highest BCUT2D eigenvalue weighted by molar-refractivity contribution is 5.70. The molecule has 1 aliphatic rings. The summed E-state index contributed by atoms with van der Waals surface area (Å²) in [5.41, 5.74) is 13.7. The van der Waals surface area contributed by atoms with Crippen LogP contribution in [0, 0.1) is 6.92 Å². The molecule has 4 heteroatoms. The average molecular weight is 226 g/mol. The molecule has 1 aliphatic heterocycles. The summed E-state index contributed by atoms with van der Waals surface area (Å²) in [7, 11) is 0. The van der Waals surface area contributed by atoms with E-state index in [1.54, 1.807) is 6.20 Å². The Morgan fingerprint density at radius 2 is 2.06 bits per heavy atom. The van der Waals surface area contributed by atoms with Gasteiger partial charge in [0.15, 0.2) is 0 Å². The lowest BCUT2D eigenvalue weighted by molar-refractivity contribution is 0.607. The fourth-order valence-corrected chi connectivity index (χ4v) is 2.13. The number of aromatic nitrogens is 1. The first-order valence-corrected chi connectivity index (χ1v) is 5.59. The molecule has 0 saturated heterocycles. The summed E-state index contributed by atoms with van der Waals surface area (Å²) in [6.07, 6.45) is 3.40. The van der Waals surface area contributed by atoms with Gasteiger partial charge in [-0.2, -0.15) is 0 Å². The van der Waals surface area contributed by atoms with Gasteiger partial charge in [0.25, 0.3) is 0 Å². The zero-order valence-corrected chi connectivity index (χ0v) is 9.59. The van der Waals surface area contributed by atoms with Gasteiger partial charge in [0.2, 0.25) is 0 Å². The van der Waals surface area contributed by atoms with Crippen molar-refractivity contribution in [2.24, 2.45) is 5.73 Å². The molecule has 86 valence electrons. The Balaban J connectivity index is 2.11. The summed E-state index contributed by atoms with van der Waals surface area (Å²) >= 11 is 0. The molecular formula is C13H14N4. The van der Waals surface area contributed by atoms with E-state index in [0.717, 1.165) is 16.9 Å². The van der Waals surface area contributed by atoms with Crippen molar-refractivity contribution in [1.29, 1.82) is 0 Å². The summed E-state index contributed by atoms with van der Waals surface area (Å²) in [6.45, 7) is 2.09. The number of nitrogens with one attached hydrogen (secondary N) is 1. The number of aryl methyl sites for hydroxylation is 1. The molecule has 17 heavy (non-hydrogen) atoms. The van der Waals surface area contributed by atoms with Crippen molar-refractivity contribution in [2.45, 2.75) is 13.1 Å². The highest BCUT2D eigenvalue weighted by Gasteiger charge is 2.26.